The van der Waals surface area contributed by atoms with Crippen LogP contribution in [0.2, 0.25) is 18.1 Å². The molecule has 0 spiro atoms. The average Bonchev–Trinajstić information content (AvgIpc) is 2.28. The molecule has 0 aliphatic heterocycles. The Balaban J connectivity index is 3.52. The van der Waals surface area contributed by atoms with E-state index in [1.807, 2.05) is 0 Å². The summed E-state index contributed by atoms with van der Waals surface area (Å²) in [5, 5.41) is 0. The van der Waals surface area contributed by atoms with Gasteiger partial charge in [-0.3, -0.25) is 8.22 Å². The fraction of sp³-hybridized carbons (Fsp3) is 1.00. The van der Waals surface area contributed by atoms with Gasteiger partial charge in [0.25, 0.3) is 0 Å². The third-order valence-electron chi connectivity index (χ3n) is 3.15. The first-order valence-electron chi connectivity index (χ1n) is 7.21. The van der Waals surface area contributed by atoms with Crippen LogP contribution in [0.15, 0.2) is 0 Å². The topological polar surface area (TPSA) is 0 Å². The van der Waals surface area contributed by atoms with Crippen LogP contribution in [-0.4, -0.2) is 17.8 Å². The molecule has 0 N–H and O–H groups in total. The molecule has 0 fully saturated rings. The normalized spacial score (nSPS) is 12.9. The Morgan fingerprint density at radius 3 is 1.53 bits per heavy atom. The van der Waals surface area contributed by atoms with E-state index in [1.54, 1.807) is 0 Å². The first-order valence-corrected chi connectivity index (χ1v) is 11.2. The van der Waals surface area contributed by atoms with Gasteiger partial charge < -0.3 is 0 Å². The van der Waals surface area contributed by atoms with Crippen molar-refractivity contribution >= 4 is 17.8 Å². The predicted molar refractivity (Wildman–Crippen MR) is 74.1 cm³/mol. The van der Waals surface area contributed by atoms with Crippen molar-refractivity contribution in [2.75, 3.05) is 0 Å². The molecule has 0 radical (unpaired) electrons. The fourth-order valence-electron chi connectivity index (χ4n) is 2.00. The molecule has 0 heterocycles. The summed E-state index contributed by atoms with van der Waals surface area (Å²) in [6.45, 7) is 2.10. The van der Waals surface area contributed by atoms with E-state index >= 15 is 0 Å². The van der Waals surface area contributed by atoms with Gasteiger partial charge in [0.15, 0.2) is 0 Å². The van der Waals surface area contributed by atoms with Crippen molar-refractivity contribution < 1.29 is 20.5 Å². The average molecular weight is 320 g/mol. The molecule has 0 amide bonds. The summed E-state index contributed by atoms with van der Waals surface area (Å²) in [7, 11) is -9.75. The van der Waals surface area contributed by atoms with E-state index in [9.17, 15) is 20.5 Å². The molecule has 0 bridgehead atoms. The molecular formula is C12H25F5Si2. The Hall–Kier alpha value is 0.0838. The molecule has 7 heteroatoms. The SMILES string of the molecule is CCCCCCCC[Si](F)(F)CCCC[Si](F)(F)F. The van der Waals surface area contributed by atoms with Crippen molar-refractivity contribution in [3.63, 3.8) is 0 Å². The van der Waals surface area contributed by atoms with Crippen LogP contribution in [-0.2, 0) is 0 Å². The molecule has 0 rings (SSSR count). The Bertz CT molecular complexity index is 219. The first-order chi connectivity index (χ1) is 8.77. The maximum absolute atomic E-state index is 13.5. The second kappa shape index (κ2) is 9.90. The third kappa shape index (κ3) is 14.3. The third-order valence-corrected chi connectivity index (χ3v) is 6.24. The molecule has 0 unspecified atom stereocenters. The van der Waals surface area contributed by atoms with Crippen molar-refractivity contribution in [2.24, 2.45) is 0 Å². The zero-order valence-corrected chi connectivity index (χ0v) is 13.7. The molecule has 0 aliphatic carbocycles. The lowest BCUT2D eigenvalue weighted by atomic mass is 10.1. The molecule has 0 saturated heterocycles. The highest BCUT2D eigenvalue weighted by molar-refractivity contribution is 6.66. The molecule has 116 valence electrons. The van der Waals surface area contributed by atoms with Crippen molar-refractivity contribution in [2.45, 2.75) is 76.4 Å². The van der Waals surface area contributed by atoms with Gasteiger partial charge in [-0.25, -0.2) is 12.3 Å². The van der Waals surface area contributed by atoms with Crippen LogP contribution >= 0.6 is 0 Å². The quantitative estimate of drug-likeness (QED) is 0.170. The van der Waals surface area contributed by atoms with E-state index in [1.165, 1.54) is 0 Å². The van der Waals surface area contributed by atoms with E-state index < -0.39 is 23.9 Å². The van der Waals surface area contributed by atoms with Crippen molar-refractivity contribution in [3.8, 4) is 0 Å². The van der Waals surface area contributed by atoms with Gasteiger partial charge in [0, 0.05) is 6.04 Å². The Morgan fingerprint density at radius 1 is 0.579 bits per heavy atom. The molecular weight excluding hydrogens is 295 g/mol. The van der Waals surface area contributed by atoms with Crippen molar-refractivity contribution in [1.29, 1.82) is 0 Å². The monoisotopic (exact) mass is 320 g/mol. The minimum absolute atomic E-state index is 0.0391. The summed E-state index contributed by atoms with van der Waals surface area (Å²) in [5.74, 6) is 0. The van der Waals surface area contributed by atoms with Crippen LogP contribution in [0.4, 0.5) is 20.5 Å². The van der Waals surface area contributed by atoms with Crippen molar-refractivity contribution in [1.82, 2.24) is 0 Å². The summed E-state index contributed by atoms with van der Waals surface area (Å²) in [6, 6.07) is -1.09. The van der Waals surface area contributed by atoms with Gasteiger partial charge in [-0.2, -0.15) is 0 Å². The second-order valence-electron chi connectivity index (χ2n) is 5.20. The van der Waals surface area contributed by atoms with E-state index in [4.69, 9.17) is 0 Å². The first kappa shape index (κ1) is 19.1. The lowest BCUT2D eigenvalue weighted by Crippen LogP contribution is -2.22. The van der Waals surface area contributed by atoms with E-state index in [-0.39, 0.29) is 24.9 Å². The number of halogens is 5. The number of unbranched alkanes of at least 4 members (excludes halogenated alkanes) is 6. The largest absolute Gasteiger partial charge is 0.616 e. The summed E-state index contributed by atoms with van der Waals surface area (Å²) in [5.41, 5.74) is 0. The molecule has 0 aromatic heterocycles. The number of hydrogen-bond acceptors (Lipinski definition) is 0. The van der Waals surface area contributed by atoms with Gasteiger partial charge >= 0.3 is 17.8 Å². The summed E-state index contributed by atoms with van der Waals surface area (Å²) in [4.78, 5) is 0. The molecule has 0 saturated carbocycles. The van der Waals surface area contributed by atoms with Crippen LogP contribution in [0.25, 0.3) is 0 Å². The van der Waals surface area contributed by atoms with Crippen LogP contribution in [0.1, 0.15) is 58.3 Å². The Labute approximate surface area is 115 Å². The summed E-state index contributed by atoms with van der Waals surface area (Å²) >= 11 is 0. The standard InChI is InChI=1S/C12H25F5Si2/c1-2-3-4-5-6-7-10-18(13,14)11-8-9-12-19(15,16)17/h2-12H2,1H3. The number of hydrogen-bond donors (Lipinski definition) is 0. The van der Waals surface area contributed by atoms with Gasteiger partial charge in [-0.15, -0.1) is 0 Å². The highest BCUT2D eigenvalue weighted by atomic mass is 28.5. The second-order valence-corrected chi connectivity index (χ2v) is 9.64. The maximum atomic E-state index is 13.5. The van der Waals surface area contributed by atoms with Gasteiger partial charge in [0.2, 0.25) is 0 Å². The molecule has 0 aromatic carbocycles. The van der Waals surface area contributed by atoms with E-state index in [0.717, 1.165) is 32.1 Å². The molecule has 0 nitrogen and oxygen atoms in total. The van der Waals surface area contributed by atoms with Crippen LogP contribution < -0.4 is 0 Å². The molecule has 0 aromatic rings. The minimum Gasteiger partial charge on any atom is -0.270 e. The Kier molecular flexibility index (Phi) is 9.95. The zero-order valence-electron chi connectivity index (χ0n) is 11.7. The minimum atomic E-state index is -5.53. The fourth-order valence-corrected chi connectivity index (χ4v) is 4.43. The zero-order chi connectivity index (χ0) is 14.8. The Morgan fingerprint density at radius 2 is 1.00 bits per heavy atom. The van der Waals surface area contributed by atoms with Crippen LogP contribution in [0, 0.1) is 0 Å². The van der Waals surface area contributed by atoms with Gasteiger partial charge in [0.05, 0.1) is 0 Å². The maximum Gasteiger partial charge on any atom is 0.616 e. The van der Waals surface area contributed by atoms with Crippen LogP contribution in [0.5, 0.6) is 0 Å². The van der Waals surface area contributed by atoms with Gasteiger partial charge in [-0.05, 0) is 18.5 Å². The van der Waals surface area contributed by atoms with Gasteiger partial charge in [0.1, 0.15) is 0 Å². The highest BCUT2D eigenvalue weighted by Gasteiger charge is 2.37. The number of rotatable bonds is 12. The molecule has 19 heavy (non-hydrogen) atoms. The van der Waals surface area contributed by atoms with Crippen molar-refractivity contribution in [3.05, 3.63) is 0 Å². The van der Waals surface area contributed by atoms with Gasteiger partial charge in [-0.1, -0.05) is 51.9 Å². The summed E-state index contributed by atoms with van der Waals surface area (Å²) in [6.07, 6.45) is 5.69. The molecule has 0 aliphatic rings. The predicted octanol–water partition coefficient (Wildman–Crippen LogP) is 6.36. The van der Waals surface area contributed by atoms with E-state index in [0.29, 0.717) is 6.42 Å². The highest BCUT2D eigenvalue weighted by Crippen LogP contribution is 2.27. The lowest BCUT2D eigenvalue weighted by molar-refractivity contribution is 0.461. The lowest BCUT2D eigenvalue weighted by Gasteiger charge is -2.12. The smallest absolute Gasteiger partial charge is 0.270 e. The molecule has 0 atom stereocenters. The summed E-state index contributed by atoms with van der Waals surface area (Å²) < 4.78 is 62.9. The van der Waals surface area contributed by atoms with Crippen LogP contribution in [0.3, 0.4) is 0 Å². The van der Waals surface area contributed by atoms with E-state index in [2.05, 4.69) is 6.92 Å².